The fourth-order valence-electron chi connectivity index (χ4n) is 5.01. The molecule has 248 valence electrons. The van der Waals surface area contributed by atoms with Crippen molar-refractivity contribution in [1.82, 2.24) is 10.2 Å². The Morgan fingerprint density at radius 1 is 0.830 bits per heavy atom. The SMILES string of the molecule is CC[C@@H](C)NC(=O)[C@H](Cc1ccccc1)N(Cc1ccc(Br)cc1)C(=O)CN(c1ccc(OC)c(OC)c1)S(=O)(=O)c1ccccc1. The van der Waals surface area contributed by atoms with E-state index >= 15 is 0 Å². The summed E-state index contributed by atoms with van der Waals surface area (Å²) in [4.78, 5) is 30.1. The second kappa shape index (κ2) is 16.5. The minimum Gasteiger partial charge on any atom is -0.493 e. The Labute approximate surface area is 285 Å². The maximum Gasteiger partial charge on any atom is 0.264 e. The number of methoxy groups -OCH3 is 2. The Kier molecular flexibility index (Phi) is 12.4. The van der Waals surface area contributed by atoms with Gasteiger partial charge in [-0.15, -0.1) is 0 Å². The van der Waals surface area contributed by atoms with Crippen molar-refractivity contribution in [2.24, 2.45) is 0 Å². The Bertz CT molecular complexity index is 1740. The van der Waals surface area contributed by atoms with Gasteiger partial charge in [0.05, 0.1) is 24.8 Å². The predicted molar refractivity (Wildman–Crippen MR) is 187 cm³/mol. The number of ether oxygens (including phenoxy) is 2. The van der Waals surface area contributed by atoms with Crippen molar-refractivity contribution >= 4 is 43.5 Å². The van der Waals surface area contributed by atoms with Gasteiger partial charge < -0.3 is 19.7 Å². The Balaban J connectivity index is 1.83. The number of benzene rings is 4. The lowest BCUT2D eigenvalue weighted by atomic mass is 10.0. The van der Waals surface area contributed by atoms with E-state index in [0.29, 0.717) is 17.9 Å². The third-order valence-electron chi connectivity index (χ3n) is 7.80. The molecule has 0 aliphatic heterocycles. The number of carbonyl (C=O) groups excluding carboxylic acids is 2. The highest BCUT2D eigenvalue weighted by molar-refractivity contribution is 9.10. The molecule has 0 aromatic heterocycles. The number of carbonyl (C=O) groups is 2. The zero-order chi connectivity index (χ0) is 34.0. The normalized spacial score (nSPS) is 12.4. The van der Waals surface area contributed by atoms with Crippen molar-refractivity contribution < 1.29 is 27.5 Å². The first-order valence-corrected chi connectivity index (χ1v) is 17.5. The van der Waals surface area contributed by atoms with E-state index < -0.39 is 28.5 Å². The van der Waals surface area contributed by atoms with Crippen LogP contribution in [0.15, 0.2) is 112 Å². The second-order valence-electron chi connectivity index (χ2n) is 11.0. The highest BCUT2D eigenvalue weighted by Crippen LogP contribution is 2.34. The van der Waals surface area contributed by atoms with Gasteiger partial charge in [-0.1, -0.05) is 83.5 Å². The van der Waals surface area contributed by atoms with Crippen LogP contribution in [0.2, 0.25) is 0 Å². The average molecular weight is 723 g/mol. The smallest absolute Gasteiger partial charge is 0.264 e. The lowest BCUT2D eigenvalue weighted by molar-refractivity contribution is -0.140. The number of halogens is 1. The van der Waals surface area contributed by atoms with Crippen LogP contribution in [0.5, 0.6) is 11.5 Å². The predicted octanol–water partition coefficient (Wildman–Crippen LogP) is 6.22. The monoisotopic (exact) mass is 721 g/mol. The van der Waals surface area contributed by atoms with Crippen molar-refractivity contribution in [3.8, 4) is 11.5 Å². The van der Waals surface area contributed by atoms with Crippen molar-refractivity contribution in [3.63, 3.8) is 0 Å². The largest absolute Gasteiger partial charge is 0.493 e. The molecular weight excluding hydrogens is 682 g/mol. The molecule has 2 atom stereocenters. The summed E-state index contributed by atoms with van der Waals surface area (Å²) in [6.45, 7) is 3.37. The number of rotatable bonds is 15. The first kappa shape index (κ1) is 35.5. The molecule has 0 radical (unpaired) electrons. The number of hydrogen-bond acceptors (Lipinski definition) is 6. The van der Waals surface area contributed by atoms with Crippen LogP contribution in [-0.4, -0.2) is 58.0 Å². The van der Waals surface area contributed by atoms with Gasteiger partial charge in [0.25, 0.3) is 10.0 Å². The van der Waals surface area contributed by atoms with Crippen LogP contribution in [0, 0.1) is 0 Å². The number of amides is 2. The number of nitrogens with zero attached hydrogens (tertiary/aromatic N) is 2. The van der Waals surface area contributed by atoms with Crippen molar-refractivity contribution in [2.45, 2.75) is 50.2 Å². The third kappa shape index (κ3) is 9.14. The van der Waals surface area contributed by atoms with E-state index in [2.05, 4.69) is 21.2 Å². The van der Waals surface area contributed by atoms with E-state index in [4.69, 9.17) is 9.47 Å². The maximum absolute atomic E-state index is 14.6. The van der Waals surface area contributed by atoms with E-state index in [0.717, 1.165) is 19.9 Å². The highest BCUT2D eigenvalue weighted by atomic mass is 79.9. The van der Waals surface area contributed by atoms with Crippen LogP contribution < -0.4 is 19.1 Å². The molecule has 0 unspecified atom stereocenters. The lowest BCUT2D eigenvalue weighted by Gasteiger charge is -2.34. The Hall–Kier alpha value is -4.35. The standard InChI is InChI=1S/C36H40BrN3O6S/c1-5-26(2)38-36(42)32(22-27-12-8-6-9-13-27)39(24-28-16-18-29(37)19-17-28)35(41)25-40(47(43,44)31-14-10-7-11-15-31)30-20-21-33(45-3)34(23-30)46-4/h6-21,23,26,32H,5,22,24-25H2,1-4H3,(H,38,42)/t26-,32+/m1/s1. The third-order valence-corrected chi connectivity index (χ3v) is 10.1. The highest BCUT2D eigenvalue weighted by Gasteiger charge is 2.35. The molecule has 4 aromatic rings. The molecule has 4 aromatic carbocycles. The van der Waals surface area contributed by atoms with Crippen LogP contribution >= 0.6 is 15.9 Å². The van der Waals surface area contributed by atoms with Crippen LogP contribution in [0.3, 0.4) is 0 Å². The molecular formula is C36H40BrN3O6S. The summed E-state index contributed by atoms with van der Waals surface area (Å²) in [5, 5.41) is 3.05. The quantitative estimate of drug-likeness (QED) is 0.156. The molecule has 11 heteroatoms. The second-order valence-corrected chi connectivity index (χ2v) is 13.8. The number of anilines is 1. The summed E-state index contributed by atoms with van der Waals surface area (Å²) < 4.78 is 41.2. The Morgan fingerprint density at radius 2 is 1.45 bits per heavy atom. The van der Waals surface area contributed by atoms with Crippen LogP contribution in [0.4, 0.5) is 5.69 Å². The van der Waals surface area contributed by atoms with Crippen molar-refractivity contribution in [2.75, 3.05) is 25.1 Å². The molecule has 0 heterocycles. The molecule has 9 nitrogen and oxygen atoms in total. The van der Waals surface area contributed by atoms with E-state index in [9.17, 15) is 18.0 Å². The molecule has 4 rings (SSSR count). The van der Waals surface area contributed by atoms with Gasteiger partial charge in [-0.05, 0) is 60.9 Å². The summed E-state index contributed by atoms with van der Waals surface area (Å²) in [7, 11) is -1.32. The first-order chi connectivity index (χ1) is 22.6. The summed E-state index contributed by atoms with van der Waals surface area (Å²) in [6, 6.07) is 28.4. The first-order valence-electron chi connectivity index (χ1n) is 15.2. The zero-order valence-corrected chi connectivity index (χ0v) is 29.3. The van der Waals surface area contributed by atoms with Crippen molar-refractivity contribution in [1.29, 1.82) is 0 Å². The van der Waals surface area contributed by atoms with E-state index in [1.54, 1.807) is 30.3 Å². The van der Waals surface area contributed by atoms with Crippen LogP contribution in [-0.2, 0) is 32.6 Å². The topological polar surface area (TPSA) is 105 Å². The molecule has 0 saturated carbocycles. The number of hydrogen-bond donors (Lipinski definition) is 1. The van der Waals surface area contributed by atoms with Gasteiger partial charge in [-0.25, -0.2) is 8.42 Å². The van der Waals surface area contributed by atoms with Gasteiger partial charge in [0, 0.05) is 29.5 Å². The summed E-state index contributed by atoms with van der Waals surface area (Å²) in [5.74, 6) is -0.173. The summed E-state index contributed by atoms with van der Waals surface area (Å²) >= 11 is 3.46. The minimum absolute atomic E-state index is 0.0115. The molecule has 2 amide bonds. The molecule has 0 saturated heterocycles. The van der Waals surface area contributed by atoms with Gasteiger partial charge in [0.2, 0.25) is 11.8 Å². The van der Waals surface area contributed by atoms with Crippen LogP contribution in [0.1, 0.15) is 31.4 Å². The van der Waals surface area contributed by atoms with E-state index in [1.165, 1.54) is 37.3 Å². The fourth-order valence-corrected chi connectivity index (χ4v) is 6.70. The zero-order valence-electron chi connectivity index (χ0n) is 26.9. The molecule has 0 spiro atoms. The summed E-state index contributed by atoms with van der Waals surface area (Å²) in [6.07, 6.45) is 0.931. The van der Waals surface area contributed by atoms with E-state index in [1.807, 2.05) is 68.4 Å². The minimum atomic E-state index is -4.25. The van der Waals surface area contributed by atoms with E-state index in [-0.39, 0.29) is 35.5 Å². The van der Waals surface area contributed by atoms with Gasteiger partial charge in [0.1, 0.15) is 12.6 Å². The Morgan fingerprint density at radius 3 is 2.04 bits per heavy atom. The van der Waals surface area contributed by atoms with Gasteiger partial charge >= 0.3 is 0 Å². The lowest BCUT2D eigenvalue weighted by Crippen LogP contribution is -2.54. The molecule has 0 aliphatic carbocycles. The number of nitrogens with one attached hydrogen (secondary N) is 1. The maximum atomic E-state index is 14.6. The molecule has 0 aliphatic rings. The van der Waals surface area contributed by atoms with Crippen molar-refractivity contribution in [3.05, 3.63) is 119 Å². The molecule has 0 bridgehead atoms. The van der Waals surface area contributed by atoms with Gasteiger partial charge in [-0.3, -0.25) is 13.9 Å². The molecule has 0 fully saturated rings. The molecule has 47 heavy (non-hydrogen) atoms. The fraction of sp³-hybridized carbons (Fsp3) is 0.278. The average Bonchev–Trinajstić information content (AvgIpc) is 3.09. The number of sulfonamides is 1. The summed E-state index contributed by atoms with van der Waals surface area (Å²) in [5.41, 5.74) is 1.84. The molecule has 1 N–H and O–H groups in total. The van der Waals surface area contributed by atoms with Gasteiger partial charge in [0.15, 0.2) is 11.5 Å². The van der Waals surface area contributed by atoms with Gasteiger partial charge in [-0.2, -0.15) is 0 Å². The van der Waals surface area contributed by atoms with Crippen LogP contribution in [0.25, 0.3) is 0 Å².